The minimum absolute atomic E-state index is 0.0640. The number of fused-ring (bicyclic) bond motifs is 1. The average molecular weight is 424 g/mol. The lowest BCUT2D eigenvalue weighted by atomic mass is 10.2. The topological polar surface area (TPSA) is 99.7 Å². The summed E-state index contributed by atoms with van der Waals surface area (Å²) in [4.78, 5) is 30.5. The van der Waals surface area contributed by atoms with Gasteiger partial charge in [0.2, 0.25) is 0 Å². The van der Waals surface area contributed by atoms with Crippen molar-refractivity contribution in [3.8, 4) is 11.5 Å². The van der Waals surface area contributed by atoms with E-state index in [1.807, 2.05) is 29.2 Å². The highest BCUT2D eigenvalue weighted by molar-refractivity contribution is 5.79. The molecule has 1 saturated heterocycles. The van der Waals surface area contributed by atoms with E-state index in [2.05, 4.69) is 4.98 Å². The summed E-state index contributed by atoms with van der Waals surface area (Å²) in [5.74, 6) is 1.87. The first-order valence-electron chi connectivity index (χ1n) is 10.3. The molecule has 0 radical (unpaired) electrons. The molecule has 1 fully saturated rings. The Morgan fingerprint density at radius 1 is 1.10 bits per heavy atom. The summed E-state index contributed by atoms with van der Waals surface area (Å²) in [5, 5.41) is 11.2. The molecule has 3 aromatic rings. The normalized spacial score (nSPS) is 13.5. The highest BCUT2D eigenvalue weighted by atomic mass is 16.6. The highest BCUT2D eigenvalue weighted by Crippen LogP contribution is 2.23. The van der Waals surface area contributed by atoms with Gasteiger partial charge in [0.1, 0.15) is 11.5 Å². The lowest BCUT2D eigenvalue weighted by molar-refractivity contribution is -0.384. The molecule has 1 aliphatic rings. The lowest BCUT2D eigenvalue weighted by Crippen LogP contribution is -2.32. The van der Waals surface area contributed by atoms with Crippen LogP contribution in [-0.4, -0.2) is 41.3 Å². The van der Waals surface area contributed by atoms with E-state index in [1.165, 1.54) is 12.1 Å². The first kappa shape index (κ1) is 20.6. The largest absolute Gasteiger partial charge is 0.497 e. The van der Waals surface area contributed by atoms with E-state index >= 15 is 0 Å². The number of hydrogen-bond acceptors (Lipinski definition) is 7. The Balaban J connectivity index is 1.58. The van der Waals surface area contributed by atoms with Crippen LogP contribution in [0.25, 0.3) is 11.0 Å². The summed E-state index contributed by atoms with van der Waals surface area (Å²) in [5.41, 5.74) is 0.750. The third-order valence-corrected chi connectivity index (χ3v) is 5.38. The number of nitro benzene ring substituents is 1. The molecule has 31 heavy (non-hydrogen) atoms. The molecule has 4 rings (SSSR count). The van der Waals surface area contributed by atoms with E-state index in [1.54, 1.807) is 17.7 Å². The number of aryl methyl sites for hydroxylation is 1. The van der Waals surface area contributed by atoms with Crippen LogP contribution in [0.2, 0.25) is 0 Å². The van der Waals surface area contributed by atoms with Crippen molar-refractivity contribution in [2.24, 2.45) is 0 Å². The standard InChI is InChI=1S/C22H24N4O5/c1-30-17-6-8-18(9-7-17)31-14-4-13-25-20-15-16(26(28)29)5-10-19(20)23-21(22(25)27)24-11-2-3-12-24/h5-10,15H,2-4,11-14H2,1H3. The fraction of sp³-hybridized carbons (Fsp3) is 0.364. The van der Waals surface area contributed by atoms with Gasteiger partial charge in [-0.05, 0) is 49.6 Å². The third kappa shape index (κ3) is 4.45. The molecule has 1 aromatic heterocycles. The van der Waals surface area contributed by atoms with Crippen molar-refractivity contribution in [3.63, 3.8) is 0 Å². The Labute approximate surface area is 179 Å². The third-order valence-electron chi connectivity index (χ3n) is 5.38. The minimum Gasteiger partial charge on any atom is -0.497 e. The van der Waals surface area contributed by atoms with E-state index in [0.717, 1.165) is 31.7 Å². The summed E-state index contributed by atoms with van der Waals surface area (Å²) in [6.45, 7) is 2.36. The van der Waals surface area contributed by atoms with Gasteiger partial charge < -0.3 is 18.9 Å². The smallest absolute Gasteiger partial charge is 0.294 e. The van der Waals surface area contributed by atoms with Crippen molar-refractivity contribution in [1.29, 1.82) is 0 Å². The van der Waals surface area contributed by atoms with E-state index in [-0.39, 0.29) is 11.2 Å². The van der Waals surface area contributed by atoms with Crippen LogP contribution in [0.1, 0.15) is 19.3 Å². The molecule has 0 bridgehead atoms. The molecule has 1 aliphatic heterocycles. The van der Waals surface area contributed by atoms with Gasteiger partial charge in [-0.15, -0.1) is 0 Å². The molecule has 2 aromatic carbocycles. The van der Waals surface area contributed by atoms with E-state index in [4.69, 9.17) is 9.47 Å². The fourth-order valence-corrected chi connectivity index (χ4v) is 3.77. The molecule has 0 spiro atoms. The van der Waals surface area contributed by atoms with Crippen molar-refractivity contribution >= 4 is 22.5 Å². The summed E-state index contributed by atoms with van der Waals surface area (Å²) >= 11 is 0. The van der Waals surface area contributed by atoms with Gasteiger partial charge in [-0.25, -0.2) is 4.98 Å². The first-order valence-corrected chi connectivity index (χ1v) is 10.3. The maximum Gasteiger partial charge on any atom is 0.294 e. The highest BCUT2D eigenvalue weighted by Gasteiger charge is 2.21. The van der Waals surface area contributed by atoms with Crippen LogP contribution < -0.4 is 19.9 Å². The zero-order valence-corrected chi connectivity index (χ0v) is 17.3. The fourth-order valence-electron chi connectivity index (χ4n) is 3.77. The maximum atomic E-state index is 13.2. The molecule has 0 saturated carbocycles. The predicted octanol–water partition coefficient (Wildman–Crippen LogP) is 3.38. The number of hydrogen-bond donors (Lipinski definition) is 0. The molecule has 162 valence electrons. The second-order valence-corrected chi connectivity index (χ2v) is 7.39. The van der Waals surface area contributed by atoms with Gasteiger partial charge >= 0.3 is 0 Å². The summed E-state index contributed by atoms with van der Waals surface area (Å²) < 4.78 is 12.5. The molecule has 2 heterocycles. The summed E-state index contributed by atoms with van der Waals surface area (Å²) in [7, 11) is 1.60. The Morgan fingerprint density at radius 2 is 1.81 bits per heavy atom. The number of benzene rings is 2. The molecule has 0 N–H and O–H groups in total. The van der Waals surface area contributed by atoms with Crippen LogP contribution in [0.5, 0.6) is 11.5 Å². The quantitative estimate of drug-likeness (QED) is 0.310. The van der Waals surface area contributed by atoms with Crippen LogP contribution in [0.3, 0.4) is 0 Å². The average Bonchev–Trinajstić information content (AvgIpc) is 3.32. The van der Waals surface area contributed by atoms with Gasteiger partial charge in [-0.1, -0.05) is 0 Å². The van der Waals surface area contributed by atoms with E-state index in [9.17, 15) is 14.9 Å². The van der Waals surface area contributed by atoms with Gasteiger partial charge in [-0.2, -0.15) is 0 Å². The number of nitro groups is 1. The van der Waals surface area contributed by atoms with Crippen molar-refractivity contribution in [1.82, 2.24) is 9.55 Å². The number of non-ortho nitro benzene ring substituents is 1. The van der Waals surface area contributed by atoms with Crippen LogP contribution in [-0.2, 0) is 6.54 Å². The Morgan fingerprint density at radius 3 is 2.48 bits per heavy atom. The minimum atomic E-state index is -0.463. The maximum absolute atomic E-state index is 13.2. The summed E-state index contributed by atoms with van der Waals surface area (Å²) in [6, 6.07) is 11.7. The number of rotatable bonds is 8. The van der Waals surface area contributed by atoms with Crippen LogP contribution in [0, 0.1) is 10.1 Å². The van der Waals surface area contributed by atoms with Crippen LogP contribution >= 0.6 is 0 Å². The van der Waals surface area contributed by atoms with Gasteiger partial charge in [0.25, 0.3) is 11.2 Å². The predicted molar refractivity (Wildman–Crippen MR) is 117 cm³/mol. The second-order valence-electron chi connectivity index (χ2n) is 7.39. The number of ether oxygens (including phenoxy) is 2. The molecule has 0 aliphatic carbocycles. The van der Waals surface area contributed by atoms with Crippen molar-refractivity contribution < 1.29 is 14.4 Å². The van der Waals surface area contributed by atoms with Crippen molar-refractivity contribution in [2.75, 3.05) is 31.7 Å². The molecular formula is C22H24N4O5. The van der Waals surface area contributed by atoms with Gasteiger partial charge in [0, 0.05) is 31.8 Å². The van der Waals surface area contributed by atoms with Crippen molar-refractivity contribution in [3.05, 3.63) is 62.9 Å². The van der Waals surface area contributed by atoms with E-state index in [0.29, 0.717) is 42.2 Å². The second kappa shape index (κ2) is 9.03. The Bertz CT molecular complexity index is 1140. The molecular weight excluding hydrogens is 400 g/mol. The molecule has 9 nitrogen and oxygen atoms in total. The number of anilines is 1. The van der Waals surface area contributed by atoms with Gasteiger partial charge in [-0.3, -0.25) is 14.9 Å². The van der Waals surface area contributed by atoms with Crippen molar-refractivity contribution in [2.45, 2.75) is 25.8 Å². The first-order chi connectivity index (χ1) is 15.1. The zero-order valence-electron chi connectivity index (χ0n) is 17.3. The Hall–Kier alpha value is -3.62. The van der Waals surface area contributed by atoms with Crippen LogP contribution in [0.4, 0.5) is 11.5 Å². The monoisotopic (exact) mass is 424 g/mol. The van der Waals surface area contributed by atoms with Gasteiger partial charge in [0.15, 0.2) is 5.82 Å². The number of aromatic nitrogens is 2. The summed E-state index contributed by atoms with van der Waals surface area (Å²) in [6.07, 6.45) is 2.61. The lowest BCUT2D eigenvalue weighted by Gasteiger charge is -2.19. The van der Waals surface area contributed by atoms with E-state index < -0.39 is 4.92 Å². The molecule has 9 heteroatoms. The molecule has 0 amide bonds. The SMILES string of the molecule is COc1ccc(OCCCn2c(=O)c(N3CCCC3)nc3ccc([N+](=O)[O-])cc32)cc1. The Kier molecular flexibility index (Phi) is 6.01. The number of nitrogens with zero attached hydrogens (tertiary/aromatic N) is 4. The molecule has 0 atom stereocenters. The van der Waals surface area contributed by atoms with Gasteiger partial charge in [0.05, 0.1) is 29.7 Å². The zero-order chi connectivity index (χ0) is 21.8. The number of methoxy groups -OCH3 is 1. The van der Waals surface area contributed by atoms with Crippen LogP contribution in [0.15, 0.2) is 47.3 Å². The molecule has 0 unspecified atom stereocenters.